The lowest BCUT2D eigenvalue weighted by Gasteiger charge is -2.07. The molecule has 0 saturated heterocycles. The Morgan fingerprint density at radius 1 is 1.20 bits per heavy atom. The summed E-state index contributed by atoms with van der Waals surface area (Å²) < 4.78 is 8.45. The number of nitrogens with one attached hydrogen (secondary N) is 1. The maximum Gasteiger partial charge on any atom is 0.252 e. The fraction of sp³-hybridized carbons (Fsp3) is 0.167. The monoisotopic (exact) mass is 400 g/mol. The molecule has 1 amide bonds. The number of hydrogen-bond acceptors (Lipinski definition) is 4. The Bertz CT molecular complexity index is 802. The van der Waals surface area contributed by atoms with Crippen molar-refractivity contribution in [2.45, 2.75) is 13.0 Å². The molecule has 0 aliphatic rings. The molecule has 0 fully saturated rings. The van der Waals surface area contributed by atoms with Gasteiger partial charge in [-0.2, -0.15) is 5.10 Å². The number of amides is 1. The minimum Gasteiger partial charge on any atom is -0.439 e. The minimum atomic E-state index is -0.150. The summed E-state index contributed by atoms with van der Waals surface area (Å²) in [4.78, 5) is 16.3. The van der Waals surface area contributed by atoms with E-state index in [1.54, 1.807) is 18.3 Å². The van der Waals surface area contributed by atoms with Crippen molar-refractivity contribution in [3.8, 4) is 11.6 Å². The first-order valence-corrected chi connectivity index (χ1v) is 8.65. The van der Waals surface area contributed by atoms with Gasteiger partial charge in [-0.15, -0.1) is 0 Å². The number of halogens is 1. The zero-order valence-corrected chi connectivity index (χ0v) is 15.0. The van der Waals surface area contributed by atoms with Gasteiger partial charge in [0.1, 0.15) is 5.75 Å². The Morgan fingerprint density at radius 3 is 2.72 bits per heavy atom. The van der Waals surface area contributed by atoms with Crippen molar-refractivity contribution in [2.75, 3.05) is 6.54 Å². The maximum atomic E-state index is 12.1. The summed E-state index contributed by atoms with van der Waals surface area (Å²) in [5.41, 5.74) is 0.502. The summed E-state index contributed by atoms with van der Waals surface area (Å²) in [6, 6.07) is 12.7. The summed E-state index contributed by atoms with van der Waals surface area (Å²) >= 11 is 3.37. The van der Waals surface area contributed by atoms with Gasteiger partial charge in [0.2, 0.25) is 5.88 Å². The SMILES string of the molecule is O=C(NCCCn1cccn1)c1ccc(Oc2ccc(Br)cc2)nc1. The van der Waals surface area contributed by atoms with Gasteiger partial charge in [-0.1, -0.05) is 15.9 Å². The molecule has 0 saturated carbocycles. The molecule has 3 aromatic rings. The van der Waals surface area contributed by atoms with E-state index in [4.69, 9.17) is 4.74 Å². The molecule has 128 valence electrons. The lowest BCUT2D eigenvalue weighted by Crippen LogP contribution is -2.25. The number of carbonyl (C=O) groups excluding carboxylic acids is 1. The van der Waals surface area contributed by atoms with Gasteiger partial charge in [0.05, 0.1) is 5.56 Å². The third-order valence-corrected chi connectivity index (χ3v) is 3.97. The molecule has 2 heterocycles. The van der Waals surface area contributed by atoms with Crippen LogP contribution in [-0.4, -0.2) is 27.2 Å². The number of aryl methyl sites for hydroxylation is 1. The normalized spacial score (nSPS) is 10.4. The molecule has 7 heteroatoms. The predicted molar refractivity (Wildman–Crippen MR) is 97.6 cm³/mol. The van der Waals surface area contributed by atoms with Gasteiger partial charge in [0.15, 0.2) is 0 Å². The van der Waals surface area contributed by atoms with E-state index in [-0.39, 0.29) is 5.91 Å². The van der Waals surface area contributed by atoms with Gasteiger partial charge in [-0.25, -0.2) is 4.98 Å². The van der Waals surface area contributed by atoms with E-state index in [1.807, 2.05) is 41.2 Å². The summed E-state index contributed by atoms with van der Waals surface area (Å²) in [7, 11) is 0. The standard InChI is InChI=1S/C18H17BrN4O2/c19-15-4-6-16(7-5-15)25-17-8-3-14(13-21-17)18(24)20-9-1-11-23-12-2-10-22-23/h2-8,10,12-13H,1,9,11H2,(H,20,24). The number of benzene rings is 1. The molecule has 0 aliphatic heterocycles. The van der Waals surface area contributed by atoms with Crippen LogP contribution in [0.1, 0.15) is 16.8 Å². The van der Waals surface area contributed by atoms with E-state index in [9.17, 15) is 4.79 Å². The Labute approximate surface area is 154 Å². The largest absolute Gasteiger partial charge is 0.439 e. The Morgan fingerprint density at radius 2 is 2.04 bits per heavy atom. The lowest BCUT2D eigenvalue weighted by molar-refractivity contribution is 0.0952. The Hall–Kier alpha value is -2.67. The topological polar surface area (TPSA) is 69.0 Å². The van der Waals surface area contributed by atoms with E-state index in [0.717, 1.165) is 17.4 Å². The molecule has 0 radical (unpaired) electrons. The van der Waals surface area contributed by atoms with E-state index < -0.39 is 0 Å². The molecule has 0 unspecified atom stereocenters. The molecule has 0 atom stereocenters. The number of nitrogens with zero attached hydrogens (tertiary/aromatic N) is 3. The molecule has 3 rings (SSSR count). The third-order valence-electron chi connectivity index (χ3n) is 3.44. The molecule has 6 nitrogen and oxygen atoms in total. The van der Waals surface area contributed by atoms with Crippen LogP contribution in [0.15, 0.2) is 65.5 Å². The summed E-state index contributed by atoms with van der Waals surface area (Å²) in [5, 5.41) is 6.99. The zero-order chi connectivity index (χ0) is 17.5. The average Bonchev–Trinajstić information content (AvgIpc) is 3.15. The van der Waals surface area contributed by atoms with Crippen molar-refractivity contribution in [1.29, 1.82) is 0 Å². The first-order chi connectivity index (χ1) is 12.2. The average molecular weight is 401 g/mol. The fourth-order valence-corrected chi connectivity index (χ4v) is 2.44. The maximum absolute atomic E-state index is 12.1. The van der Waals surface area contributed by atoms with Crippen LogP contribution in [0, 0.1) is 0 Å². The van der Waals surface area contributed by atoms with Crippen molar-refractivity contribution in [2.24, 2.45) is 0 Å². The van der Waals surface area contributed by atoms with Crippen molar-refractivity contribution >= 4 is 21.8 Å². The highest BCUT2D eigenvalue weighted by Crippen LogP contribution is 2.21. The van der Waals surface area contributed by atoms with Crippen LogP contribution < -0.4 is 10.1 Å². The van der Waals surface area contributed by atoms with Crippen LogP contribution in [0.2, 0.25) is 0 Å². The highest BCUT2D eigenvalue weighted by atomic mass is 79.9. The van der Waals surface area contributed by atoms with Crippen LogP contribution in [0.5, 0.6) is 11.6 Å². The lowest BCUT2D eigenvalue weighted by atomic mass is 10.2. The predicted octanol–water partition coefficient (Wildman–Crippen LogP) is 3.65. The van der Waals surface area contributed by atoms with E-state index >= 15 is 0 Å². The molecule has 0 aliphatic carbocycles. The van der Waals surface area contributed by atoms with Gasteiger partial charge in [-0.05, 0) is 42.8 Å². The molecule has 0 spiro atoms. The van der Waals surface area contributed by atoms with Crippen molar-refractivity contribution in [3.63, 3.8) is 0 Å². The quantitative estimate of drug-likeness (QED) is 0.614. The van der Waals surface area contributed by atoms with E-state index in [1.165, 1.54) is 6.20 Å². The smallest absolute Gasteiger partial charge is 0.252 e. The minimum absolute atomic E-state index is 0.150. The number of rotatable bonds is 7. The number of hydrogen-bond donors (Lipinski definition) is 1. The number of aromatic nitrogens is 3. The van der Waals surface area contributed by atoms with Gasteiger partial charge in [-0.3, -0.25) is 9.48 Å². The second-order valence-corrected chi connectivity index (χ2v) is 6.24. The molecular formula is C18H17BrN4O2. The molecule has 1 N–H and O–H groups in total. The van der Waals surface area contributed by atoms with E-state index in [0.29, 0.717) is 23.7 Å². The highest BCUT2D eigenvalue weighted by Gasteiger charge is 2.06. The number of ether oxygens (including phenoxy) is 1. The highest BCUT2D eigenvalue weighted by molar-refractivity contribution is 9.10. The van der Waals surface area contributed by atoms with E-state index in [2.05, 4.69) is 31.3 Å². The molecule has 25 heavy (non-hydrogen) atoms. The van der Waals surface area contributed by atoms with Crippen LogP contribution in [0.25, 0.3) is 0 Å². The molecule has 0 bridgehead atoms. The van der Waals surface area contributed by atoms with Crippen LogP contribution in [0.4, 0.5) is 0 Å². The summed E-state index contributed by atoms with van der Waals surface area (Å²) in [5.74, 6) is 0.979. The molecule has 1 aromatic carbocycles. The van der Waals surface area contributed by atoms with Crippen molar-refractivity contribution in [1.82, 2.24) is 20.1 Å². The molecular weight excluding hydrogens is 384 g/mol. The van der Waals surface area contributed by atoms with Crippen LogP contribution in [0.3, 0.4) is 0 Å². The second-order valence-electron chi connectivity index (χ2n) is 5.32. The number of carbonyl (C=O) groups is 1. The van der Waals surface area contributed by atoms with Gasteiger partial charge in [0, 0.05) is 42.2 Å². The third kappa shape index (κ3) is 5.15. The first-order valence-electron chi connectivity index (χ1n) is 7.86. The zero-order valence-electron chi connectivity index (χ0n) is 13.4. The van der Waals surface area contributed by atoms with Crippen LogP contribution in [-0.2, 0) is 6.54 Å². The van der Waals surface area contributed by atoms with Crippen molar-refractivity contribution < 1.29 is 9.53 Å². The van der Waals surface area contributed by atoms with Gasteiger partial charge >= 0.3 is 0 Å². The Balaban J connectivity index is 1.47. The second kappa shape index (κ2) is 8.43. The summed E-state index contributed by atoms with van der Waals surface area (Å²) in [6.45, 7) is 1.35. The first kappa shape index (κ1) is 17.2. The Kier molecular flexibility index (Phi) is 5.79. The number of pyridine rings is 1. The molecule has 2 aromatic heterocycles. The van der Waals surface area contributed by atoms with Gasteiger partial charge < -0.3 is 10.1 Å². The summed E-state index contributed by atoms with van der Waals surface area (Å²) in [6.07, 6.45) is 5.96. The van der Waals surface area contributed by atoms with Crippen LogP contribution >= 0.6 is 15.9 Å². The van der Waals surface area contributed by atoms with Crippen molar-refractivity contribution in [3.05, 3.63) is 71.1 Å². The van der Waals surface area contributed by atoms with Gasteiger partial charge in [0.25, 0.3) is 5.91 Å². The fourth-order valence-electron chi connectivity index (χ4n) is 2.18.